The van der Waals surface area contributed by atoms with E-state index in [-0.39, 0.29) is 11.9 Å². The molecule has 0 aromatic rings. The minimum absolute atomic E-state index is 0.00454. The van der Waals surface area contributed by atoms with Crippen molar-refractivity contribution in [3.63, 3.8) is 0 Å². The molecule has 1 N–H and O–H groups in total. The fraction of sp³-hybridized carbons (Fsp3) is 0.900. The highest BCUT2D eigenvalue weighted by atomic mass is 16.2. The summed E-state index contributed by atoms with van der Waals surface area (Å²) in [5.41, 5.74) is 0. The predicted molar refractivity (Wildman–Crippen MR) is 55.7 cm³/mol. The van der Waals surface area contributed by atoms with Gasteiger partial charge in [0.25, 0.3) is 0 Å². The molecule has 3 nitrogen and oxygen atoms in total. The van der Waals surface area contributed by atoms with Crippen molar-refractivity contribution in [2.45, 2.75) is 39.7 Å². The van der Waals surface area contributed by atoms with E-state index in [0.717, 1.165) is 25.9 Å². The molecule has 0 aromatic heterocycles. The Balaban J connectivity index is 4.08. The summed E-state index contributed by atoms with van der Waals surface area (Å²) < 4.78 is 0. The lowest BCUT2D eigenvalue weighted by Crippen LogP contribution is -2.44. The maximum atomic E-state index is 11.4. The van der Waals surface area contributed by atoms with Crippen molar-refractivity contribution in [3.05, 3.63) is 0 Å². The Morgan fingerprint density at radius 3 is 2.08 bits per heavy atom. The summed E-state index contributed by atoms with van der Waals surface area (Å²) >= 11 is 0. The topological polar surface area (TPSA) is 32.3 Å². The highest BCUT2D eigenvalue weighted by Crippen LogP contribution is 2.01. The zero-order valence-electron chi connectivity index (χ0n) is 9.26. The van der Waals surface area contributed by atoms with Gasteiger partial charge in [-0.15, -0.1) is 0 Å². The van der Waals surface area contributed by atoms with Crippen molar-refractivity contribution in [2.24, 2.45) is 0 Å². The summed E-state index contributed by atoms with van der Waals surface area (Å²) in [4.78, 5) is 13.6. The van der Waals surface area contributed by atoms with E-state index in [4.69, 9.17) is 0 Å². The highest BCUT2D eigenvalue weighted by Gasteiger charge is 2.17. The Bertz CT molecular complexity index is 142. The fourth-order valence-corrected chi connectivity index (χ4v) is 1.45. The van der Waals surface area contributed by atoms with Gasteiger partial charge in [-0.2, -0.15) is 0 Å². The first kappa shape index (κ1) is 12.4. The number of hydrogen-bond donors (Lipinski definition) is 1. The van der Waals surface area contributed by atoms with Crippen LogP contribution >= 0.6 is 0 Å². The summed E-state index contributed by atoms with van der Waals surface area (Å²) in [6.45, 7) is 8.24. The maximum Gasteiger partial charge on any atom is 0.236 e. The SMILES string of the molecule is CCCN(CCC)C(C)C(=O)NC. The van der Waals surface area contributed by atoms with Crippen molar-refractivity contribution in [3.8, 4) is 0 Å². The molecule has 0 saturated carbocycles. The number of carbonyl (C=O) groups excluding carboxylic acids is 1. The van der Waals surface area contributed by atoms with E-state index >= 15 is 0 Å². The number of nitrogens with zero attached hydrogens (tertiary/aromatic N) is 1. The van der Waals surface area contributed by atoms with Gasteiger partial charge in [-0.05, 0) is 32.9 Å². The van der Waals surface area contributed by atoms with Crippen LogP contribution in [0.4, 0.5) is 0 Å². The molecule has 0 fully saturated rings. The van der Waals surface area contributed by atoms with E-state index in [1.807, 2.05) is 6.92 Å². The third-order valence-corrected chi connectivity index (χ3v) is 2.20. The van der Waals surface area contributed by atoms with Crippen molar-refractivity contribution in [2.75, 3.05) is 20.1 Å². The number of rotatable bonds is 6. The van der Waals surface area contributed by atoms with E-state index in [9.17, 15) is 4.79 Å². The molecule has 0 aliphatic heterocycles. The van der Waals surface area contributed by atoms with E-state index in [0.29, 0.717) is 0 Å². The molecule has 0 heterocycles. The average Bonchev–Trinajstić information content (AvgIpc) is 2.15. The van der Waals surface area contributed by atoms with E-state index in [1.54, 1.807) is 7.05 Å². The average molecular weight is 186 g/mol. The predicted octanol–water partition coefficient (Wildman–Crippen LogP) is 1.24. The molecule has 78 valence electrons. The van der Waals surface area contributed by atoms with E-state index < -0.39 is 0 Å². The summed E-state index contributed by atoms with van der Waals surface area (Å²) in [6.07, 6.45) is 2.20. The normalized spacial score (nSPS) is 13.0. The van der Waals surface area contributed by atoms with Crippen molar-refractivity contribution in [1.82, 2.24) is 10.2 Å². The summed E-state index contributed by atoms with van der Waals surface area (Å²) in [5, 5.41) is 2.68. The Morgan fingerprint density at radius 1 is 1.31 bits per heavy atom. The van der Waals surface area contributed by atoms with E-state index in [1.165, 1.54) is 0 Å². The first-order chi connectivity index (χ1) is 6.17. The molecular formula is C10H22N2O. The van der Waals surface area contributed by atoms with Crippen LogP contribution in [0.25, 0.3) is 0 Å². The van der Waals surface area contributed by atoms with Crippen LogP contribution in [0, 0.1) is 0 Å². The number of carbonyl (C=O) groups is 1. The Kier molecular flexibility index (Phi) is 6.59. The second kappa shape index (κ2) is 6.89. The molecule has 13 heavy (non-hydrogen) atoms. The van der Waals surface area contributed by atoms with Gasteiger partial charge in [-0.1, -0.05) is 13.8 Å². The molecule has 0 radical (unpaired) electrons. The van der Waals surface area contributed by atoms with Gasteiger partial charge in [-0.25, -0.2) is 0 Å². The molecule has 0 aliphatic carbocycles. The van der Waals surface area contributed by atoms with Gasteiger partial charge < -0.3 is 5.32 Å². The lowest BCUT2D eigenvalue weighted by Gasteiger charge is -2.26. The second-order valence-corrected chi connectivity index (χ2v) is 3.33. The highest BCUT2D eigenvalue weighted by molar-refractivity contribution is 5.80. The zero-order valence-corrected chi connectivity index (χ0v) is 9.26. The van der Waals surface area contributed by atoms with E-state index in [2.05, 4.69) is 24.1 Å². The van der Waals surface area contributed by atoms with Gasteiger partial charge in [-0.3, -0.25) is 9.69 Å². The molecule has 3 heteroatoms. The summed E-state index contributed by atoms with van der Waals surface area (Å²) in [6, 6.07) is 0.00454. The monoisotopic (exact) mass is 186 g/mol. The quantitative estimate of drug-likeness (QED) is 0.677. The zero-order chi connectivity index (χ0) is 10.3. The standard InChI is InChI=1S/C10H22N2O/c1-5-7-12(8-6-2)9(3)10(13)11-4/h9H,5-8H2,1-4H3,(H,11,13). The first-order valence-electron chi connectivity index (χ1n) is 5.13. The van der Waals surface area contributed by atoms with Gasteiger partial charge in [0, 0.05) is 7.05 Å². The van der Waals surface area contributed by atoms with Gasteiger partial charge >= 0.3 is 0 Å². The Hall–Kier alpha value is -0.570. The number of amides is 1. The summed E-state index contributed by atoms with van der Waals surface area (Å²) in [5.74, 6) is 0.113. The largest absolute Gasteiger partial charge is 0.358 e. The molecular weight excluding hydrogens is 164 g/mol. The van der Waals surface area contributed by atoms with Crippen molar-refractivity contribution in [1.29, 1.82) is 0 Å². The van der Waals surface area contributed by atoms with Crippen molar-refractivity contribution >= 4 is 5.91 Å². The van der Waals surface area contributed by atoms with Crippen LogP contribution in [0.15, 0.2) is 0 Å². The molecule has 0 rings (SSSR count). The lowest BCUT2D eigenvalue weighted by atomic mass is 10.2. The van der Waals surface area contributed by atoms with Crippen LogP contribution in [0.2, 0.25) is 0 Å². The maximum absolute atomic E-state index is 11.4. The van der Waals surface area contributed by atoms with Crippen LogP contribution < -0.4 is 5.32 Å². The first-order valence-corrected chi connectivity index (χ1v) is 5.13. The minimum Gasteiger partial charge on any atom is -0.358 e. The molecule has 0 spiro atoms. The van der Waals surface area contributed by atoms with Gasteiger partial charge in [0.1, 0.15) is 0 Å². The van der Waals surface area contributed by atoms with Crippen LogP contribution in [0.1, 0.15) is 33.6 Å². The molecule has 1 unspecified atom stereocenters. The number of likely N-dealkylation sites (N-methyl/N-ethyl adjacent to an activating group) is 1. The third kappa shape index (κ3) is 4.27. The third-order valence-electron chi connectivity index (χ3n) is 2.20. The molecule has 0 aliphatic rings. The Morgan fingerprint density at radius 2 is 1.77 bits per heavy atom. The molecule has 1 amide bonds. The second-order valence-electron chi connectivity index (χ2n) is 3.33. The fourth-order valence-electron chi connectivity index (χ4n) is 1.45. The van der Waals surface area contributed by atoms with Crippen LogP contribution in [-0.4, -0.2) is 37.0 Å². The minimum atomic E-state index is 0.00454. The Labute approximate surface area is 81.5 Å². The lowest BCUT2D eigenvalue weighted by molar-refractivity contribution is -0.125. The molecule has 0 saturated heterocycles. The smallest absolute Gasteiger partial charge is 0.236 e. The molecule has 0 aromatic carbocycles. The number of hydrogen-bond acceptors (Lipinski definition) is 2. The van der Waals surface area contributed by atoms with Crippen LogP contribution in [-0.2, 0) is 4.79 Å². The van der Waals surface area contributed by atoms with Crippen LogP contribution in [0.5, 0.6) is 0 Å². The number of nitrogens with one attached hydrogen (secondary N) is 1. The molecule has 1 atom stereocenters. The van der Waals surface area contributed by atoms with Gasteiger partial charge in [0.05, 0.1) is 6.04 Å². The molecule has 0 bridgehead atoms. The summed E-state index contributed by atoms with van der Waals surface area (Å²) in [7, 11) is 1.69. The van der Waals surface area contributed by atoms with Gasteiger partial charge in [0.2, 0.25) is 5.91 Å². The van der Waals surface area contributed by atoms with Crippen LogP contribution in [0.3, 0.4) is 0 Å². The van der Waals surface area contributed by atoms with Crippen molar-refractivity contribution < 1.29 is 4.79 Å². The van der Waals surface area contributed by atoms with Gasteiger partial charge in [0.15, 0.2) is 0 Å².